The van der Waals surface area contributed by atoms with Gasteiger partial charge in [-0.3, -0.25) is 0 Å². The van der Waals surface area contributed by atoms with Crippen molar-refractivity contribution >= 4 is 11.8 Å². The predicted octanol–water partition coefficient (Wildman–Crippen LogP) is 2.71. The molecule has 0 atom stereocenters. The van der Waals surface area contributed by atoms with E-state index in [0.29, 0.717) is 16.7 Å². The molecule has 0 aliphatic heterocycles. The van der Waals surface area contributed by atoms with Crippen molar-refractivity contribution < 1.29 is 4.42 Å². The molecule has 2 aromatic rings. The number of nitriles is 1. The Kier molecular flexibility index (Phi) is 2.93. The second-order valence-electron chi connectivity index (χ2n) is 3.28. The molecule has 0 unspecified atom stereocenters. The first-order valence-electron chi connectivity index (χ1n) is 4.68. The van der Waals surface area contributed by atoms with Crippen LogP contribution in [0, 0.1) is 25.2 Å². The van der Waals surface area contributed by atoms with Crippen LogP contribution in [0.5, 0.6) is 0 Å². The Labute approximate surface area is 97.3 Å². The molecule has 0 spiro atoms. The summed E-state index contributed by atoms with van der Waals surface area (Å²) in [6.07, 6.45) is 0. The number of rotatable bonds is 2. The molecule has 0 fully saturated rings. The van der Waals surface area contributed by atoms with Gasteiger partial charge < -0.3 is 4.42 Å². The fourth-order valence-electron chi connectivity index (χ4n) is 1.25. The Morgan fingerprint density at radius 1 is 1.31 bits per heavy atom. The highest BCUT2D eigenvalue weighted by molar-refractivity contribution is 7.99. The molecule has 80 valence electrons. The lowest BCUT2D eigenvalue weighted by Gasteiger charge is -2.01. The molecule has 2 rings (SSSR count). The molecule has 0 aliphatic carbocycles. The van der Waals surface area contributed by atoms with Crippen LogP contribution in [0.1, 0.15) is 17.0 Å². The van der Waals surface area contributed by atoms with Crippen molar-refractivity contribution in [2.24, 2.45) is 0 Å². The van der Waals surface area contributed by atoms with Crippen LogP contribution in [-0.2, 0) is 0 Å². The summed E-state index contributed by atoms with van der Waals surface area (Å²) in [7, 11) is 0. The van der Waals surface area contributed by atoms with Gasteiger partial charge in [-0.2, -0.15) is 5.26 Å². The summed E-state index contributed by atoms with van der Waals surface area (Å²) in [5.41, 5.74) is 1.68. The van der Waals surface area contributed by atoms with E-state index >= 15 is 0 Å². The normalized spacial score (nSPS) is 10.1. The van der Waals surface area contributed by atoms with Crippen molar-refractivity contribution in [1.82, 2.24) is 10.2 Å². The number of benzene rings is 1. The van der Waals surface area contributed by atoms with Crippen LogP contribution in [0.2, 0.25) is 0 Å². The van der Waals surface area contributed by atoms with E-state index in [-0.39, 0.29) is 0 Å². The highest BCUT2D eigenvalue weighted by Crippen LogP contribution is 2.29. The summed E-state index contributed by atoms with van der Waals surface area (Å²) >= 11 is 1.40. The summed E-state index contributed by atoms with van der Waals surface area (Å²) < 4.78 is 5.27. The van der Waals surface area contributed by atoms with Crippen LogP contribution in [-0.4, -0.2) is 10.2 Å². The summed E-state index contributed by atoms with van der Waals surface area (Å²) in [5, 5.41) is 16.9. The van der Waals surface area contributed by atoms with Gasteiger partial charge in [-0.15, -0.1) is 10.2 Å². The first-order chi connectivity index (χ1) is 7.69. The molecule has 0 amide bonds. The molecule has 0 saturated carbocycles. The van der Waals surface area contributed by atoms with E-state index in [2.05, 4.69) is 16.3 Å². The van der Waals surface area contributed by atoms with Crippen molar-refractivity contribution in [3.05, 3.63) is 35.2 Å². The third kappa shape index (κ3) is 2.23. The van der Waals surface area contributed by atoms with Crippen molar-refractivity contribution in [2.45, 2.75) is 24.0 Å². The maximum atomic E-state index is 8.75. The van der Waals surface area contributed by atoms with Crippen molar-refractivity contribution in [1.29, 1.82) is 5.26 Å². The van der Waals surface area contributed by atoms with Crippen molar-refractivity contribution in [3.8, 4) is 6.07 Å². The zero-order valence-corrected chi connectivity index (χ0v) is 9.71. The zero-order chi connectivity index (χ0) is 11.5. The second kappa shape index (κ2) is 4.37. The Morgan fingerprint density at radius 3 is 2.69 bits per heavy atom. The van der Waals surface area contributed by atoms with Crippen LogP contribution in [0.15, 0.2) is 32.7 Å². The summed E-state index contributed by atoms with van der Waals surface area (Å²) in [5.74, 6) is 0.550. The van der Waals surface area contributed by atoms with E-state index < -0.39 is 0 Å². The molecule has 1 aromatic heterocycles. The van der Waals surface area contributed by atoms with E-state index in [0.717, 1.165) is 10.5 Å². The molecule has 0 bridgehead atoms. The van der Waals surface area contributed by atoms with Gasteiger partial charge in [-0.25, -0.2) is 0 Å². The number of hydrogen-bond acceptors (Lipinski definition) is 5. The van der Waals surface area contributed by atoms with Gasteiger partial charge in [0.2, 0.25) is 5.89 Å². The van der Waals surface area contributed by atoms with Crippen LogP contribution in [0.4, 0.5) is 0 Å². The first-order valence-corrected chi connectivity index (χ1v) is 5.49. The quantitative estimate of drug-likeness (QED) is 0.795. The molecule has 1 heterocycles. The standard InChI is InChI=1S/C11H9N3OS/c1-7-5-9(6-12)3-4-10(7)16-11-14-13-8(2)15-11/h3-5H,1-2H3. The summed E-state index contributed by atoms with van der Waals surface area (Å²) in [6.45, 7) is 3.70. The van der Waals surface area contributed by atoms with Gasteiger partial charge in [0, 0.05) is 11.8 Å². The van der Waals surface area contributed by atoms with E-state index in [4.69, 9.17) is 9.68 Å². The number of aryl methyl sites for hydroxylation is 2. The van der Waals surface area contributed by atoms with Crippen LogP contribution in [0.25, 0.3) is 0 Å². The smallest absolute Gasteiger partial charge is 0.281 e. The molecule has 1 aromatic carbocycles. The minimum atomic E-state index is 0.519. The molecule has 0 N–H and O–H groups in total. The lowest BCUT2D eigenvalue weighted by Crippen LogP contribution is -1.82. The van der Waals surface area contributed by atoms with Gasteiger partial charge in [0.25, 0.3) is 5.22 Å². The SMILES string of the molecule is Cc1nnc(Sc2ccc(C#N)cc2C)o1. The van der Waals surface area contributed by atoms with Gasteiger partial charge in [-0.1, -0.05) is 0 Å². The fraction of sp³-hybridized carbons (Fsp3) is 0.182. The van der Waals surface area contributed by atoms with Crippen LogP contribution in [0.3, 0.4) is 0 Å². The van der Waals surface area contributed by atoms with E-state index in [1.807, 2.05) is 19.1 Å². The van der Waals surface area contributed by atoms with E-state index in [1.54, 1.807) is 13.0 Å². The van der Waals surface area contributed by atoms with Gasteiger partial charge in [-0.05, 0) is 42.4 Å². The lowest BCUT2D eigenvalue weighted by molar-refractivity contribution is 0.429. The average molecular weight is 231 g/mol. The molecular weight excluding hydrogens is 222 g/mol. The lowest BCUT2D eigenvalue weighted by atomic mass is 10.2. The third-order valence-electron chi connectivity index (χ3n) is 2.01. The summed E-state index contributed by atoms with van der Waals surface area (Å²) in [6, 6.07) is 7.60. The predicted molar refractivity (Wildman–Crippen MR) is 59.1 cm³/mol. The number of aromatic nitrogens is 2. The zero-order valence-electron chi connectivity index (χ0n) is 8.89. The maximum absolute atomic E-state index is 8.75. The fourth-order valence-corrected chi connectivity index (χ4v) is 2.04. The summed E-state index contributed by atoms with van der Waals surface area (Å²) in [4.78, 5) is 1.02. The molecule has 5 heteroatoms. The molecular formula is C11H9N3OS. The Bertz CT molecular complexity index is 557. The Hall–Kier alpha value is -1.80. The molecule has 0 saturated heterocycles. The van der Waals surface area contributed by atoms with Crippen molar-refractivity contribution in [3.63, 3.8) is 0 Å². The van der Waals surface area contributed by atoms with Gasteiger partial charge in [0.05, 0.1) is 11.6 Å². The average Bonchev–Trinajstić information content (AvgIpc) is 2.67. The largest absolute Gasteiger partial charge is 0.416 e. The Morgan fingerprint density at radius 2 is 2.12 bits per heavy atom. The minimum absolute atomic E-state index is 0.519. The monoisotopic (exact) mass is 231 g/mol. The minimum Gasteiger partial charge on any atom is -0.416 e. The van der Waals surface area contributed by atoms with Gasteiger partial charge in [0.1, 0.15) is 0 Å². The maximum Gasteiger partial charge on any atom is 0.281 e. The van der Waals surface area contributed by atoms with Crippen LogP contribution >= 0.6 is 11.8 Å². The highest BCUT2D eigenvalue weighted by atomic mass is 32.2. The highest BCUT2D eigenvalue weighted by Gasteiger charge is 2.07. The first kappa shape index (κ1) is 10.7. The van der Waals surface area contributed by atoms with E-state index in [9.17, 15) is 0 Å². The molecule has 4 nitrogen and oxygen atoms in total. The number of nitrogens with zero attached hydrogens (tertiary/aromatic N) is 3. The third-order valence-corrected chi connectivity index (χ3v) is 3.03. The Balaban J connectivity index is 2.26. The van der Waals surface area contributed by atoms with Gasteiger partial charge >= 0.3 is 0 Å². The second-order valence-corrected chi connectivity index (χ2v) is 4.27. The molecule has 16 heavy (non-hydrogen) atoms. The topological polar surface area (TPSA) is 62.7 Å². The van der Waals surface area contributed by atoms with Crippen molar-refractivity contribution in [2.75, 3.05) is 0 Å². The van der Waals surface area contributed by atoms with Crippen LogP contribution < -0.4 is 0 Å². The molecule has 0 radical (unpaired) electrons. The number of hydrogen-bond donors (Lipinski definition) is 0. The van der Waals surface area contributed by atoms with E-state index in [1.165, 1.54) is 11.8 Å². The molecule has 0 aliphatic rings. The van der Waals surface area contributed by atoms with Gasteiger partial charge in [0.15, 0.2) is 0 Å².